The Morgan fingerprint density at radius 3 is 2.27 bits per heavy atom. The van der Waals surface area contributed by atoms with Gasteiger partial charge in [-0.3, -0.25) is 9.59 Å². The van der Waals surface area contributed by atoms with Gasteiger partial charge in [0.2, 0.25) is 0 Å². The molecular weight excluding hydrogens is 196 g/mol. The predicted molar refractivity (Wildman–Crippen MR) is 54.1 cm³/mol. The lowest BCUT2D eigenvalue weighted by molar-refractivity contribution is -0.161. The predicted octanol–water partition coefficient (Wildman–Crippen LogP) is 1.53. The Labute approximate surface area is 89.9 Å². The zero-order chi connectivity index (χ0) is 11.9. The molecule has 0 bridgehead atoms. The number of hydrogen-bond donors (Lipinski definition) is 0. The van der Waals surface area contributed by atoms with Gasteiger partial charge in [-0.15, -0.1) is 0 Å². The van der Waals surface area contributed by atoms with Crippen molar-refractivity contribution in [3.8, 4) is 0 Å². The summed E-state index contributed by atoms with van der Waals surface area (Å²) >= 11 is 0. The Bertz CT molecular complexity index is 289. The summed E-state index contributed by atoms with van der Waals surface area (Å²) in [6.45, 7) is 7.15. The average Bonchev–Trinajstić information content (AvgIpc) is 2.75. The normalized spacial score (nSPS) is 29.5. The van der Waals surface area contributed by atoms with E-state index in [1.54, 1.807) is 6.92 Å². The minimum absolute atomic E-state index is 0.310. The molecule has 0 spiro atoms. The number of carbonyl (C=O) groups is 2. The number of esters is 2. The molecule has 15 heavy (non-hydrogen) atoms. The molecular formula is C11H18O4. The lowest BCUT2D eigenvalue weighted by atomic mass is 10.1. The molecule has 0 aliphatic heterocycles. The van der Waals surface area contributed by atoms with E-state index >= 15 is 0 Å². The summed E-state index contributed by atoms with van der Waals surface area (Å²) in [7, 11) is 1.33. The van der Waals surface area contributed by atoms with Gasteiger partial charge in [-0.1, -0.05) is 0 Å². The fraction of sp³-hybridized carbons (Fsp3) is 0.818. The van der Waals surface area contributed by atoms with Crippen LogP contribution in [-0.2, 0) is 19.1 Å². The van der Waals surface area contributed by atoms with Gasteiger partial charge < -0.3 is 9.47 Å². The monoisotopic (exact) mass is 214 g/mol. The first kappa shape index (κ1) is 12.0. The average molecular weight is 214 g/mol. The molecule has 2 unspecified atom stereocenters. The van der Waals surface area contributed by atoms with Crippen molar-refractivity contribution in [1.29, 1.82) is 0 Å². The van der Waals surface area contributed by atoms with E-state index in [-0.39, 0.29) is 17.9 Å². The van der Waals surface area contributed by atoms with Crippen LogP contribution in [0.3, 0.4) is 0 Å². The summed E-state index contributed by atoms with van der Waals surface area (Å²) in [5.41, 5.74) is -1.17. The number of ether oxygens (including phenoxy) is 2. The van der Waals surface area contributed by atoms with E-state index in [0.717, 1.165) is 0 Å². The second-order valence-electron chi connectivity index (χ2n) is 5.20. The van der Waals surface area contributed by atoms with Crippen molar-refractivity contribution in [2.75, 3.05) is 7.11 Å². The van der Waals surface area contributed by atoms with Crippen LogP contribution in [-0.4, -0.2) is 24.6 Å². The maximum Gasteiger partial charge on any atom is 0.312 e. The fourth-order valence-corrected chi connectivity index (χ4v) is 1.54. The van der Waals surface area contributed by atoms with E-state index in [2.05, 4.69) is 4.74 Å². The third-order valence-electron chi connectivity index (χ3n) is 2.58. The van der Waals surface area contributed by atoms with Crippen LogP contribution in [0.1, 0.15) is 34.1 Å². The third kappa shape index (κ3) is 2.49. The molecule has 1 fully saturated rings. The number of rotatable bonds is 2. The van der Waals surface area contributed by atoms with Gasteiger partial charge in [0, 0.05) is 0 Å². The number of hydrogen-bond acceptors (Lipinski definition) is 4. The maximum absolute atomic E-state index is 11.6. The Morgan fingerprint density at radius 1 is 1.33 bits per heavy atom. The standard InChI is InChI=1S/C11H18O4/c1-10(2,3)15-8(12)7-6-11(7,4)9(13)14-5/h7H,6H2,1-5H3. The van der Waals surface area contributed by atoms with Crippen molar-refractivity contribution in [1.82, 2.24) is 0 Å². The van der Waals surface area contributed by atoms with Crippen LogP contribution in [0.2, 0.25) is 0 Å². The molecule has 0 amide bonds. The Balaban J connectivity index is 2.57. The molecule has 0 saturated heterocycles. The highest BCUT2D eigenvalue weighted by Crippen LogP contribution is 2.53. The van der Waals surface area contributed by atoms with Crippen LogP contribution in [0.15, 0.2) is 0 Å². The van der Waals surface area contributed by atoms with Gasteiger partial charge in [0.25, 0.3) is 0 Å². The smallest absolute Gasteiger partial charge is 0.312 e. The van der Waals surface area contributed by atoms with Crippen LogP contribution in [0, 0.1) is 11.3 Å². The Morgan fingerprint density at radius 2 is 1.87 bits per heavy atom. The zero-order valence-corrected chi connectivity index (χ0v) is 9.92. The van der Waals surface area contributed by atoms with E-state index in [9.17, 15) is 9.59 Å². The number of carbonyl (C=O) groups excluding carboxylic acids is 2. The summed E-state index contributed by atoms with van der Waals surface area (Å²) in [5, 5.41) is 0. The van der Waals surface area contributed by atoms with Crippen molar-refractivity contribution in [2.45, 2.75) is 39.7 Å². The van der Waals surface area contributed by atoms with E-state index in [1.807, 2.05) is 20.8 Å². The highest BCUT2D eigenvalue weighted by atomic mass is 16.6. The van der Waals surface area contributed by atoms with E-state index < -0.39 is 11.0 Å². The van der Waals surface area contributed by atoms with Crippen molar-refractivity contribution in [2.24, 2.45) is 11.3 Å². The zero-order valence-electron chi connectivity index (χ0n) is 9.92. The second-order valence-corrected chi connectivity index (χ2v) is 5.20. The van der Waals surface area contributed by atoms with Crippen molar-refractivity contribution in [3.05, 3.63) is 0 Å². The lowest BCUT2D eigenvalue weighted by Crippen LogP contribution is -2.28. The summed E-state index contributed by atoms with van der Waals surface area (Å²) in [5.74, 6) is -0.988. The van der Waals surface area contributed by atoms with Crippen molar-refractivity contribution < 1.29 is 19.1 Å². The SMILES string of the molecule is COC(=O)C1(C)CC1C(=O)OC(C)(C)C. The Hall–Kier alpha value is -1.06. The van der Waals surface area contributed by atoms with Gasteiger partial charge in [0.1, 0.15) is 5.60 Å². The minimum Gasteiger partial charge on any atom is -0.469 e. The number of methoxy groups -OCH3 is 1. The first-order valence-corrected chi connectivity index (χ1v) is 5.02. The van der Waals surface area contributed by atoms with Gasteiger partial charge in [-0.2, -0.15) is 0 Å². The quantitative estimate of drug-likeness (QED) is 0.654. The van der Waals surface area contributed by atoms with Crippen LogP contribution in [0.25, 0.3) is 0 Å². The lowest BCUT2D eigenvalue weighted by Gasteiger charge is -2.20. The molecule has 4 nitrogen and oxygen atoms in total. The van der Waals surface area contributed by atoms with Crippen LogP contribution in [0.4, 0.5) is 0 Å². The summed E-state index contributed by atoms with van der Waals surface area (Å²) < 4.78 is 9.85. The molecule has 0 radical (unpaired) electrons. The molecule has 0 heterocycles. The molecule has 1 aliphatic rings. The van der Waals surface area contributed by atoms with Gasteiger partial charge in [-0.25, -0.2) is 0 Å². The third-order valence-corrected chi connectivity index (χ3v) is 2.58. The van der Waals surface area contributed by atoms with E-state index in [0.29, 0.717) is 6.42 Å². The second kappa shape index (κ2) is 3.51. The molecule has 0 N–H and O–H groups in total. The topological polar surface area (TPSA) is 52.6 Å². The van der Waals surface area contributed by atoms with Gasteiger partial charge in [-0.05, 0) is 34.1 Å². The largest absolute Gasteiger partial charge is 0.469 e. The summed E-state index contributed by atoms with van der Waals surface area (Å²) in [4.78, 5) is 23.0. The maximum atomic E-state index is 11.6. The molecule has 1 rings (SSSR count). The van der Waals surface area contributed by atoms with Crippen molar-refractivity contribution >= 4 is 11.9 Å². The first-order valence-electron chi connectivity index (χ1n) is 5.02. The molecule has 0 aromatic carbocycles. The van der Waals surface area contributed by atoms with Crippen LogP contribution < -0.4 is 0 Å². The molecule has 2 atom stereocenters. The molecule has 1 saturated carbocycles. The Kier molecular flexibility index (Phi) is 2.81. The molecule has 0 aromatic heterocycles. The summed E-state index contributed by atoms with van der Waals surface area (Å²) in [6.07, 6.45) is 0.522. The van der Waals surface area contributed by atoms with Gasteiger partial charge in [0.15, 0.2) is 0 Å². The van der Waals surface area contributed by atoms with Crippen LogP contribution in [0.5, 0.6) is 0 Å². The molecule has 0 aromatic rings. The van der Waals surface area contributed by atoms with E-state index in [1.165, 1.54) is 7.11 Å². The molecule has 86 valence electrons. The van der Waals surface area contributed by atoms with E-state index in [4.69, 9.17) is 4.74 Å². The first-order chi connectivity index (χ1) is 6.70. The summed E-state index contributed by atoms with van der Waals surface area (Å²) in [6, 6.07) is 0. The highest BCUT2D eigenvalue weighted by Gasteiger charge is 2.62. The van der Waals surface area contributed by atoms with Gasteiger partial charge >= 0.3 is 11.9 Å². The molecule has 1 aliphatic carbocycles. The highest BCUT2D eigenvalue weighted by molar-refractivity contribution is 5.90. The van der Waals surface area contributed by atoms with Crippen molar-refractivity contribution in [3.63, 3.8) is 0 Å². The fourth-order valence-electron chi connectivity index (χ4n) is 1.54. The molecule has 4 heteroatoms. The van der Waals surface area contributed by atoms with Crippen LogP contribution >= 0.6 is 0 Å². The minimum atomic E-state index is -0.670. The van der Waals surface area contributed by atoms with Gasteiger partial charge in [0.05, 0.1) is 18.4 Å².